The third kappa shape index (κ3) is 2.44. The van der Waals surface area contributed by atoms with Crippen LogP contribution in [-0.4, -0.2) is 10.9 Å². The minimum absolute atomic E-state index is 0.00407. The molecule has 0 saturated heterocycles. The van der Waals surface area contributed by atoms with Gasteiger partial charge in [0.1, 0.15) is 11.8 Å². The number of nitro groups is 1. The van der Waals surface area contributed by atoms with Crippen molar-refractivity contribution in [2.45, 2.75) is 13.3 Å². The Labute approximate surface area is 106 Å². The number of rotatable bonds is 3. The number of non-ortho nitro benzene ring substituents is 1. The molecule has 0 aliphatic rings. The van der Waals surface area contributed by atoms with Crippen LogP contribution in [0.25, 0.3) is 11.0 Å². The Balaban J connectivity index is 2.59. The molecule has 1 aromatic carbocycles. The summed E-state index contributed by atoms with van der Waals surface area (Å²) in [6.45, 7) is 1.58. The molecule has 98 valence electrons. The summed E-state index contributed by atoms with van der Waals surface area (Å²) in [5.74, 6) is -0.864. The molecule has 7 heteroatoms. The molecule has 0 aliphatic carbocycles. The Morgan fingerprint density at radius 2 is 2.21 bits per heavy atom. The molecule has 0 bridgehead atoms. The monoisotopic (exact) mass is 263 g/mol. The summed E-state index contributed by atoms with van der Waals surface area (Å²) >= 11 is 0. The molecule has 2 aromatic rings. The van der Waals surface area contributed by atoms with Gasteiger partial charge in [-0.05, 0) is 6.07 Å². The van der Waals surface area contributed by atoms with E-state index in [1.54, 1.807) is 6.92 Å². The lowest BCUT2D eigenvalue weighted by atomic mass is 10.2. The molecule has 0 N–H and O–H groups in total. The van der Waals surface area contributed by atoms with Crippen molar-refractivity contribution in [1.29, 1.82) is 0 Å². The van der Waals surface area contributed by atoms with Crippen LogP contribution in [0, 0.1) is 10.1 Å². The predicted molar refractivity (Wildman–Crippen MR) is 65.1 cm³/mol. The number of esters is 1. The van der Waals surface area contributed by atoms with E-state index in [1.807, 2.05) is 0 Å². The van der Waals surface area contributed by atoms with Crippen molar-refractivity contribution in [3.8, 4) is 5.75 Å². The summed E-state index contributed by atoms with van der Waals surface area (Å²) < 4.78 is 9.89. The maximum absolute atomic E-state index is 12.0. The van der Waals surface area contributed by atoms with Gasteiger partial charge in [-0.15, -0.1) is 0 Å². The molecule has 0 amide bonds. The number of ether oxygens (including phenoxy) is 1. The molecule has 0 unspecified atom stereocenters. The van der Waals surface area contributed by atoms with E-state index in [2.05, 4.69) is 0 Å². The zero-order chi connectivity index (χ0) is 14.0. The number of carbonyl (C=O) groups is 1. The Morgan fingerprint density at radius 3 is 2.84 bits per heavy atom. The maximum atomic E-state index is 12.0. The number of hydrogen-bond donors (Lipinski definition) is 0. The molecule has 0 atom stereocenters. The van der Waals surface area contributed by atoms with Crippen molar-refractivity contribution >= 4 is 22.6 Å². The van der Waals surface area contributed by atoms with E-state index in [-0.39, 0.29) is 28.8 Å². The second-order valence-electron chi connectivity index (χ2n) is 3.69. The molecule has 0 aliphatic heterocycles. The van der Waals surface area contributed by atoms with Crippen LogP contribution in [0.15, 0.2) is 33.7 Å². The van der Waals surface area contributed by atoms with Crippen LogP contribution < -0.4 is 10.2 Å². The van der Waals surface area contributed by atoms with E-state index in [0.717, 1.165) is 12.3 Å². The normalized spacial score (nSPS) is 10.4. The van der Waals surface area contributed by atoms with Crippen LogP contribution in [0.1, 0.15) is 13.3 Å². The fourth-order valence-corrected chi connectivity index (χ4v) is 1.48. The number of nitro benzene ring substituents is 1. The average molecular weight is 263 g/mol. The van der Waals surface area contributed by atoms with Crippen molar-refractivity contribution in [1.82, 2.24) is 0 Å². The number of nitrogens with zero attached hydrogens (tertiary/aromatic N) is 1. The molecule has 0 saturated carbocycles. The standard InChI is InChI=1S/C12H9NO6/c1-2-11(14)19-10-6-18-9-4-3-7(13(16)17)5-8(9)12(10)15/h3-6H,2H2,1H3. The molecule has 0 fully saturated rings. The molecule has 0 spiro atoms. The van der Waals surface area contributed by atoms with Gasteiger partial charge in [0.15, 0.2) is 0 Å². The minimum Gasteiger partial charge on any atom is -0.460 e. The highest BCUT2D eigenvalue weighted by Gasteiger charge is 2.14. The Hall–Kier alpha value is -2.70. The fraction of sp³-hybridized carbons (Fsp3) is 0.167. The molecule has 2 rings (SSSR count). The van der Waals surface area contributed by atoms with Gasteiger partial charge in [-0.25, -0.2) is 0 Å². The van der Waals surface area contributed by atoms with Crippen LogP contribution in [-0.2, 0) is 4.79 Å². The van der Waals surface area contributed by atoms with Crippen LogP contribution in [0.4, 0.5) is 5.69 Å². The summed E-state index contributed by atoms with van der Waals surface area (Å²) in [4.78, 5) is 33.2. The van der Waals surface area contributed by atoms with Gasteiger partial charge in [-0.1, -0.05) is 6.92 Å². The van der Waals surface area contributed by atoms with Gasteiger partial charge >= 0.3 is 5.97 Å². The quantitative estimate of drug-likeness (QED) is 0.477. The van der Waals surface area contributed by atoms with Crippen LogP contribution in [0.3, 0.4) is 0 Å². The predicted octanol–water partition coefficient (Wildman–Crippen LogP) is 2.02. The topological polar surface area (TPSA) is 99.7 Å². The first-order valence-corrected chi connectivity index (χ1v) is 5.43. The van der Waals surface area contributed by atoms with Crippen molar-refractivity contribution in [3.05, 3.63) is 44.8 Å². The third-order valence-electron chi connectivity index (χ3n) is 2.45. The first-order valence-electron chi connectivity index (χ1n) is 5.43. The zero-order valence-corrected chi connectivity index (χ0v) is 9.91. The van der Waals surface area contributed by atoms with Gasteiger partial charge in [0, 0.05) is 18.6 Å². The molecular weight excluding hydrogens is 254 g/mol. The largest absolute Gasteiger partial charge is 0.460 e. The van der Waals surface area contributed by atoms with Crippen molar-refractivity contribution < 1.29 is 18.9 Å². The molecular formula is C12H9NO6. The first kappa shape index (κ1) is 12.7. The minimum atomic E-state index is -0.621. The van der Waals surface area contributed by atoms with Gasteiger partial charge in [-0.2, -0.15) is 0 Å². The molecule has 1 heterocycles. The second kappa shape index (κ2) is 4.89. The van der Waals surface area contributed by atoms with Gasteiger partial charge < -0.3 is 9.15 Å². The fourth-order valence-electron chi connectivity index (χ4n) is 1.48. The van der Waals surface area contributed by atoms with Crippen LogP contribution in [0.2, 0.25) is 0 Å². The third-order valence-corrected chi connectivity index (χ3v) is 2.45. The molecule has 19 heavy (non-hydrogen) atoms. The highest BCUT2D eigenvalue weighted by molar-refractivity contribution is 5.81. The van der Waals surface area contributed by atoms with E-state index in [4.69, 9.17) is 9.15 Å². The van der Waals surface area contributed by atoms with Gasteiger partial charge in [0.2, 0.25) is 11.2 Å². The van der Waals surface area contributed by atoms with E-state index >= 15 is 0 Å². The summed E-state index contributed by atoms with van der Waals surface area (Å²) in [5, 5.41) is 10.6. The number of fused-ring (bicyclic) bond motifs is 1. The summed E-state index contributed by atoms with van der Waals surface area (Å²) in [7, 11) is 0. The second-order valence-corrected chi connectivity index (χ2v) is 3.69. The highest BCUT2D eigenvalue weighted by Crippen LogP contribution is 2.20. The number of hydrogen-bond acceptors (Lipinski definition) is 6. The zero-order valence-electron chi connectivity index (χ0n) is 9.91. The summed E-state index contributed by atoms with van der Waals surface area (Å²) in [6.07, 6.45) is 1.12. The average Bonchev–Trinajstić information content (AvgIpc) is 2.41. The van der Waals surface area contributed by atoms with E-state index in [9.17, 15) is 19.7 Å². The summed E-state index contributed by atoms with van der Waals surface area (Å²) in [5.41, 5.74) is -0.669. The Bertz CT molecular complexity index is 718. The van der Waals surface area contributed by atoms with Gasteiger partial charge in [-0.3, -0.25) is 19.7 Å². The van der Waals surface area contributed by atoms with Crippen LogP contribution in [0.5, 0.6) is 5.75 Å². The lowest BCUT2D eigenvalue weighted by molar-refractivity contribution is -0.384. The molecule has 0 radical (unpaired) electrons. The lowest BCUT2D eigenvalue weighted by Crippen LogP contribution is -2.13. The number of benzene rings is 1. The SMILES string of the molecule is CCC(=O)Oc1coc2ccc([N+](=O)[O-])cc2c1=O. The first-order chi connectivity index (χ1) is 9.02. The van der Waals surface area contributed by atoms with Gasteiger partial charge in [0.25, 0.3) is 5.69 Å². The Morgan fingerprint density at radius 1 is 1.47 bits per heavy atom. The van der Waals surface area contributed by atoms with Crippen molar-refractivity contribution in [2.24, 2.45) is 0 Å². The Kier molecular flexibility index (Phi) is 3.28. The van der Waals surface area contributed by atoms with Gasteiger partial charge in [0.05, 0.1) is 10.3 Å². The molecule has 7 nitrogen and oxygen atoms in total. The van der Waals surface area contributed by atoms with Crippen LogP contribution >= 0.6 is 0 Å². The van der Waals surface area contributed by atoms with E-state index in [0.29, 0.717) is 0 Å². The number of carbonyl (C=O) groups excluding carboxylic acids is 1. The summed E-state index contributed by atoms with van der Waals surface area (Å²) in [6, 6.07) is 3.63. The lowest BCUT2D eigenvalue weighted by Gasteiger charge is -2.02. The smallest absolute Gasteiger partial charge is 0.311 e. The van der Waals surface area contributed by atoms with E-state index < -0.39 is 16.3 Å². The highest BCUT2D eigenvalue weighted by atomic mass is 16.6. The van der Waals surface area contributed by atoms with Crippen molar-refractivity contribution in [2.75, 3.05) is 0 Å². The maximum Gasteiger partial charge on any atom is 0.311 e. The molecule has 1 aromatic heterocycles. The van der Waals surface area contributed by atoms with E-state index in [1.165, 1.54) is 12.1 Å². The van der Waals surface area contributed by atoms with Crippen molar-refractivity contribution in [3.63, 3.8) is 0 Å².